The highest BCUT2D eigenvalue weighted by Crippen LogP contribution is 2.50. The Kier molecular flexibility index (Phi) is 5.36. The summed E-state index contributed by atoms with van der Waals surface area (Å²) in [5.74, 6) is -0.179. The fraction of sp³-hybridized carbons (Fsp3) is 0.259. The minimum Gasteiger partial charge on any atom is -0.312 e. The summed E-state index contributed by atoms with van der Waals surface area (Å²) in [4.78, 5) is 20.3. The number of para-hydroxylation sites is 1. The highest BCUT2D eigenvalue weighted by atomic mass is 35.5. The molecular formula is C27H24ClN3OS3. The summed E-state index contributed by atoms with van der Waals surface area (Å²) in [6.07, 6.45) is 0.854. The van der Waals surface area contributed by atoms with Crippen molar-refractivity contribution >= 4 is 76.8 Å². The molecule has 2 N–H and O–H groups in total. The minimum absolute atomic E-state index is 0.0843. The molecule has 1 amide bonds. The van der Waals surface area contributed by atoms with Crippen LogP contribution < -0.4 is 10.6 Å². The van der Waals surface area contributed by atoms with Crippen LogP contribution in [0, 0.1) is 0 Å². The van der Waals surface area contributed by atoms with E-state index >= 15 is 0 Å². The molecule has 4 heterocycles. The highest BCUT2D eigenvalue weighted by molar-refractivity contribution is 7.23. The number of nitrogens with zero attached hydrogens (tertiary/aromatic N) is 1. The molecule has 0 saturated carbocycles. The Bertz CT molecular complexity index is 1590. The molecule has 0 spiro atoms. The average molecular weight is 538 g/mol. The molecule has 35 heavy (non-hydrogen) atoms. The van der Waals surface area contributed by atoms with Gasteiger partial charge in [-0.15, -0.1) is 34.0 Å². The molecule has 4 nitrogen and oxygen atoms in total. The second-order valence-corrected chi connectivity index (χ2v) is 13.6. The fourth-order valence-electron chi connectivity index (χ4n) is 5.14. The van der Waals surface area contributed by atoms with Gasteiger partial charge < -0.3 is 10.6 Å². The Balaban J connectivity index is 1.51. The maximum Gasteiger partial charge on any atom is 0.267 e. The van der Waals surface area contributed by atoms with Crippen LogP contribution in [0.25, 0.3) is 30.9 Å². The van der Waals surface area contributed by atoms with Crippen molar-refractivity contribution in [3.05, 3.63) is 68.9 Å². The summed E-state index contributed by atoms with van der Waals surface area (Å²) in [5, 5.41) is 10.2. The first kappa shape index (κ1) is 23.1. The molecule has 0 aliphatic carbocycles. The second kappa shape index (κ2) is 8.11. The topological polar surface area (TPSA) is 54.0 Å². The van der Waals surface area contributed by atoms with Gasteiger partial charge in [-0.1, -0.05) is 41.9 Å². The summed E-state index contributed by atoms with van der Waals surface area (Å²) < 4.78 is 2.14. The Morgan fingerprint density at radius 1 is 1.00 bits per heavy atom. The average Bonchev–Trinajstić information content (AvgIpc) is 3.46. The summed E-state index contributed by atoms with van der Waals surface area (Å²) in [7, 11) is 0. The van der Waals surface area contributed by atoms with E-state index in [0.717, 1.165) is 42.3 Å². The number of thiophene rings is 2. The van der Waals surface area contributed by atoms with Gasteiger partial charge in [0.2, 0.25) is 0 Å². The first-order valence-electron chi connectivity index (χ1n) is 11.4. The summed E-state index contributed by atoms with van der Waals surface area (Å²) in [5.41, 5.74) is 2.97. The number of nitrogens with one attached hydrogen (secondary N) is 2. The first-order valence-corrected chi connectivity index (χ1v) is 14.3. The smallest absolute Gasteiger partial charge is 0.267 e. The van der Waals surface area contributed by atoms with Gasteiger partial charge in [0.05, 0.1) is 15.2 Å². The zero-order chi connectivity index (χ0) is 24.5. The third-order valence-corrected chi connectivity index (χ3v) is 10.5. The molecule has 6 rings (SSSR count). The van der Waals surface area contributed by atoms with Crippen molar-refractivity contribution in [3.8, 4) is 10.6 Å². The van der Waals surface area contributed by atoms with Crippen LogP contribution in [0.4, 0.5) is 5.00 Å². The van der Waals surface area contributed by atoms with Crippen molar-refractivity contribution in [3.63, 3.8) is 0 Å². The van der Waals surface area contributed by atoms with Gasteiger partial charge in [-0.2, -0.15) is 0 Å². The van der Waals surface area contributed by atoms with Crippen LogP contribution in [0.5, 0.6) is 0 Å². The fourth-order valence-corrected chi connectivity index (χ4v) is 8.94. The molecule has 5 aromatic rings. The number of carbonyl (C=O) groups is 1. The number of thiazole rings is 1. The number of rotatable bonds is 3. The van der Waals surface area contributed by atoms with Crippen LogP contribution in [0.2, 0.25) is 5.02 Å². The maximum atomic E-state index is 13.6. The Labute approximate surface area is 221 Å². The second-order valence-electron chi connectivity index (χ2n) is 10.1. The molecule has 2 aromatic carbocycles. The third kappa shape index (κ3) is 3.90. The molecule has 178 valence electrons. The van der Waals surface area contributed by atoms with Crippen LogP contribution >= 0.6 is 45.6 Å². The molecular weight excluding hydrogens is 514 g/mol. The van der Waals surface area contributed by atoms with Gasteiger partial charge in [0.15, 0.2) is 0 Å². The van der Waals surface area contributed by atoms with E-state index < -0.39 is 0 Å². The number of hydrogen-bond acceptors (Lipinski definition) is 6. The van der Waals surface area contributed by atoms with Gasteiger partial charge in [0.1, 0.15) is 14.9 Å². The molecule has 3 aromatic heterocycles. The van der Waals surface area contributed by atoms with E-state index in [-0.39, 0.29) is 17.0 Å². The van der Waals surface area contributed by atoms with Gasteiger partial charge in [0, 0.05) is 31.6 Å². The quantitative estimate of drug-likeness (QED) is 0.243. The highest BCUT2D eigenvalue weighted by Gasteiger charge is 2.41. The lowest BCUT2D eigenvalue weighted by molar-refractivity contribution is 0.103. The van der Waals surface area contributed by atoms with Crippen molar-refractivity contribution in [1.29, 1.82) is 0 Å². The Hall–Kier alpha value is -2.29. The Morgan fingerprint density at radius 2 is 1.71 bits per heavy atom. The van der Waals surface area contributed by atoms with Crippen molar-refractivity contribution < 1.29 is 4.79 Å². The lowest BCUT2D eigenvalue weighted by Gasteiger charge is -2.42. The molecule has 8 heteroatoms. The zero-order valence-electron chi connectivity index (χ0n) is 19.8. The van der Waals surface area contributed by atoms with Crippen LogP contribution in [0.1, 0.15) is 47.8 Å². The van der Waals surface area contributed by atoms with Crippen LogP contribution in [0.3, 0.4) is 0 Å². The summed E-state index contributed by atoms with van der Waals surface area (Å²) >= 11 is 11.4. The number of halogens is 1. The molecule has 1 aliphatic rings. The molecule has 0 saturated heterocycles. The normalized spacial score (nSPS) is 16.5. The molecule has 0 bridgehead atoms. The summed E-state index contributed by atoms with van der Waals surface area (Å²) in [6, 6.07) is 16.0. The first-order chi connectivity index (χ1) is 16.6. The predicted molar refractivity (Wildman–Crippen MR) is 152 cm³/mol. The molecule has 1 aliphatic heterocycles. The third-order valence-electron chi connectivity index (χ3n) is 6.32. The van der Waals surface area contributed by atoms with E-state index in [2.05, 4.69) is 44.4 Å². The van der Waals surface area contributed by atoms with E-state index in [1.54, 1.807) is 22.7 Å². The zero-order valence-corrected chi connectivity index (χ0v) is 23.0. The number of anilines is 1. The van der Waals surface area contributed by atoms with Crippen LogP contribution in [-0.4, -0.2) is 16.4 Å². The monoisotopic (exact) mass is 537 g/mol. The van der Waals surface area contributed by atoms with Gasteiger partial charge >= 0.3 is 0 Å². The van der Waals surface area contributed by atoms with Crippen molar-refractivity contribution in [2.24, 2.45) is 0 Å². The van der Waals surface area contributed by atoms with E-state index in [4.69, 9.17) is 16.6 Å². The number of benzene rings is 2. The Morgan fingerprint density at radius 3 is 2.46 bits per heavy atom. The maximum absolute atomic E-state index is 13.6. The summed E-state index contributed by atoms with van der Waals surface area (Å²) in [6.45, 7) is 8.87. The lowest BCUT2D eigenvalue weighted by atomic mass is 9.81. The van der Waals surface area contributed by atoms with E-state index in [1.165, 1.54) is 21.8 Å². The number of fused-ring (bicyclic) bond motifs is 3. The van der Waals surface area contributed by atoms with Crippen molar-refractivity contribution in [2.75, 3.05) is 5.32 Å². The van der Waals surface area contributed by atoms with E-state index in [9.17, 15) is 4.79 Å². The van der Waals surface area contributed by atoms with Crippen LogP contribution in [0.15, 0.2) is 48.5 Å². The number of amides is 1. The molecule has 0 atom stereocenters. The van der Waals surface area contributed by atoms with Crippen LogP contribution in [-0.2, 0) is 12.0 Å². The SMILES string of the molecule is CC1(C)Cc2c(sc(NC(=O)c3sc4ccccc4c3Cl)c2-c2nc3ccccc3s2)C(C)(C)N1. The van der Waals surface area contributed by atoms with E-state index in [1.807, 2.05) is 42.5 Å². The number of aromatic nitrogens is 1. The number of hydrogen-bond donors (Lipinski definition) is 2. The molecule has 0 radical (unpaired) electrons. The van der Waals surface area contributed by atoms with Gasteiger partial charge in [-0.05, 0) is 57.9 Å². The van der Waals surface area contributed by atoms with E-state index in [0.29, 0.717) is 9.90 Å². The molecule has 0 fully saturated rings. The van der Waals surface area contributed by atoms with Gasteiger partial charge in [-0.3, -0.25) is 4.79 Å². The number of carbonyl (C=O) groups excluding carboxylic acids is 1. The van der Waals surface area contributed by atoms with Gasteiger partial charge in [-0.25, -0.2) is 4.98 Å². The predicted octanol–water partition coefficient (Wildman–Crippen LogP) is 8.30. The lowest BCUT2D eigenvalue weighted by Crippen LogP contribution is -2.54. The van der Waals surface area contributed by atoms with Gasteiger partial charge in [0.25, 0.3) is 5.91 Å². The minimum atomic E-state index is -0.231. The largest absolute Gasteiger partial charge is 0.312 e. The molecule has 0 unspecified atom stereocenters. The standard InChI is InChI=1S/C27H24ClN3OS3/c1-26(2)13-15-19(24-29-16-10-6-8-12-18(16)34-24)25(35-22(15)27(3,4)31-26)30-23(32)21-20(28)14-9-5-7-11-17(14)33-21/h5-12,31H,13H2,1-4H3,(H,30,32). The van der Waals surface area contributed by atoms with Crippen molar-refractivity contribution in [2.45, 2.75) is 45.2 Å². The van der Waals surface area contributed by atoms with Crippen molar-refractivity contribution in [1.82, 2.24) is 10.3 Å².